The SMILES string of the molecule is CC1(C)OC2O[C@H](COC(c3ccccc3)(c3ccccc3)c3ccccc3)[C@@H](NC(=O)c3ccc([N+](=O)[O-])cc3)[C@H]2O1. The molecule has 0 aliphatic carbocycles. The topological polar surface area (TPSA) is 109 Å². The number of hydrogen-bond donors (Lipinski definition) is 1. The number of rotatable bonds is 9. The fourth-order valence-electron chi connectivity index (χ4n) is 5.84. The molecule has 1 N–H and O–H groups in total. The first-order valence-electron chi connectivity index (χ1n) is 14.1. The van der Waals surface area contributed by atoms with Crippen molar-refractivity contribution in [3.8, 4) is 0 Å². The molecule has 2 aliphatic rings. The Balaban J connectivity index is 1.34. The van der Waals surface area contributed by atoms with Crippen LogP contribution in [0.4, 0.5) is 5.69 Å². The van der Waals surface area contributed by atoms with Crippen molar-refractivity contribution in [3.63, 3.8) is 0 Å². The lowest BCUT2D eigenvalue weighted by molar-refractivity contribution is -0.384. The lowest BCUT2D eigenvalue weighted by atomic mass is 9.80. The lowest BCUT2D eigenvalue weighted by Gasteiger charge is -2.37. The Hall–Kier alpha value is -4.41. The molecule has 1 amide bonds. The molecule has 9 heteroatoms. The Morgan fingerprint density at radius 3 is 1.84 bits per heavy atom. The summed E-state index contributed by atoms with van der Waals surface area (Å²) in [5, 5.41) is 14.1. The zero-order chi connectivity index (χ0) is 30.0. The number of non-ortho nitro benzene ring substituents is 1. The molecule has 0 saturated carbocycles. The molecule has 2 saturated heterocycles. The van der Waals surface area contributed by atoms with E-state index < -0.39 is 46.8 Å². The third kappa shape index (κ3) is 5.68. The van der Waals surface area contributed by atoms with Crippen molar-refractivity contribution in [1.82, 2.24) is 5.32 Å². The first kappa shape index (κ1) is 28.7. The molecule has 2 aliphatic heterocycles. The molecule has 9 nitrogen and oxygen atoms in total. The number of hydrogen-bond acceptors (Lipinski definition) is 7. The largest absolute Gasteiger partial charge is 0.358 e. The molecule has 43 heavy (non-hydrogen) atoms. The summed E-state index contributed by atoms with van der Waals surface area (Å²) >= 11 is 0. The van der Waals surface area contributed by atoms with Crippen LogP contribution in [0.5, 0.6) is 0 Å². The van der Waals surface area contributed by atoms with E-state index in [1.165, 1.54) is 24.3 Å². The fraction of sp³-hybridized carbons (Fsp3) is 0.265. The summed E-state index contributed by atoms with van der Waals surface area (Å²) in [6.07, 6.45) is -1.95. The van der Waals surface area contributed by atoms with Crippen molar-refractivity contribution in [2.45, 2.75) is 49.8 Å². The summed E-state index contributed by atoms with van der Waals surface area (Å²) in [5.41, 5.74) is 2.00. The van der Waals surface area contributed by atoms with Gasteiger partial charge < -0.3 is 24.3 Å². The molecule has 0 bridgehead atoms. The first-order chi connectivity index (χ1) is 20.8. The number of nitrogens with zero attached hydrogens (tertiary/aromatic N) is 1. The number of carbonyl (C=O) groups is 1. The fourth-order valence-corrected chi connectivity index (χ4v) is 5.84. The summed E-state index contributed by atoms with van der Waals surface area (Å²) in [6, 6.07) is 34.8. The molecule has 2 heterocycles. The van der Waals surface area contributed by atoms with Crippen LogP contribution >= 0.6 is 0 Å². The molecule has 1 unspecified atom stereocenters. The van der Waals surface area contributed by atoms with E-state index in [1.54, 1.807) is 13.8 Å². The number of ether oxygens (including phenoxy) is 4. The maximum Gasteiger partial charge on any atom is 0.269 e. The van der Waals surface area contributed by atoms with Gasteiger partial charge in [-0.2, -0.15) is 0 Å². The van der Waals surface area contributed by atoms with Crippen LogP contribution in [-0.2, 0) is 24.5 Å². The minimum Gasteiger partial charge on any atom is -0.358 e. The standard InChI is InChI=1S/C34H32N2O7/c1-33(2)42-30-29(35-31(37)23-18-20-27(21-19-23)36(38)39)28(41-32(30)43-33)22-40-34(24-12-6-3-7-13-24,25-14-8-4-9-15-25)26-16-10-5-11-17-26/h3-21,28-30,32H,22H2,1-2H3,(H,35,37)/t28-,29-,30-,32?/m1/s1. The van der Waals surface area contributed by atoms with Gasteiger partial charge in [0, 0.05) is 17.7 Å². The van der Waals surface area contributed by atoms with Crippen molar-refractivity contribution in [2.75, 3.05) is 6.61 Å². The van der Waals surface area contributed by atoms with Gasteiger partial charge in [-0.1, -0.05) is 91.0 Å². The molecule has 220 valence electrons. The maximum atomic E-state index is 13.4. The monoisotopic (exact) mass is 580 g/mol. The van der Waals surface area contributed by atoms with E-state index in [0.717, 1.165) is 16.7 Å². The van der Waals surface area contributed by atoms with Crippen molar-refractivity contribution in [3.05, 3.63) is 148 Å². The summed E-state index contributed by atoms with van der Waals surface area (Å²) in [5.74, 6) is -1.32. The van der Waals surface area contributed by atoms with Crippen LogP contribution in [0.2, 0.25) is 0 Å². The molecular formula is C34H32N2O7. The van der Waals surface area contributed by atoms with E-state index in [4.69, 9.17) is 18.9 Å². The van der Waals surface area contributed by atoms with Gasteiger partial charge in [-0.05, 0) is 42.7 Å². The Morgan fingerprint density at radius 1 is 0.837 bits per heavy atom. The number of benzene rings is 4. The average Bonchev–Trinajstić information content (AvgIpc) is 3.50. The van der Waals surface area contributed by atoms with Crippen LogP contribution in [0, 0.1) is 10.1 Å². The highest BCUT2D eigenvalue weighted by molar-refractivity contribution is 5.94. The Bertz CT molecular complexity index is 1470. The molecule has 4 aromatic carbocycles. The third-order valence-electron chi connectivity index (χ3n) is 7.79. The van der Waals surface area contributed by atoms with Crippen LogP contribution in [-0.4, -0.2) is 47.8 Å². The predicted octanol–water partition coefficient (Wildman–Crippen LogP) is 5.58. The molecule has 0 radical (unpaired) electrons. The summed E-state index contributed by atoms with van der Waals surface area (Å²) in [7, 11) is 0. The number of amides is 1. The maximum absolute atomic E-state index is 13.4. The highest BCUT2D eigenvalue weighted by atomic mass is 16.8. The van der Waals surface area contributed by atoms with Crippen LogP contribution in [0.1, 0.15) is 40.9 Å². The Morgan fingerprint density at radius 2 is 1.35 bits per heavy atom. The van der Waals surface area contributed by atoms with Crippen molar-refractivity contribution in [1.29, 1.82) is 0 Å². The Labute approximate surface area is 249 Å². The van der Waals surface area contributed by atoms with E-state index >= 15 is 0 Å². The van der Waals surface area contributed by atoms with Gasteiger partial charge in [0.2, 0.25) is 0 Å². The summed E-state index contributed by atoms with van der Waals surface area (Å²) < 4.78 is 25.5. The normalized spacial score (nSPS) is 22.6. The van der Waals surface area contributed by atoms with E-state index in [1.807, 2.05) is 91.0 Å². The van der Waals surface area contributed by atoms with Gasteiger partial charge in [-0.3, -0.25) is 14.9 Å². The number of carbonyl (C=O) groups excluding carboxylic acids is 1. The van der Waals surface area contributed by atoms with E-state index in [-0.39, 0.29) is 17.9 Å². The number of nitrogens with one attached hydrogen (secondary N) is 1. The minimum atomic E-state index is -0.987. The molecule has 0 spiro atoms. The van der Waals surface area contributed by atoms with Crippen LogP contribution in [0.3, 0.4) is 0 Å². The first-order valence-corrected chi connectivity index (χ1v) is 14.1. The minimum absolute atomic E-state index is 0.0873. The Kier molecular flexibility index (Phi) is 7.81. The molecule has 6 rings (SSSR count). The second kappa shape index (κ2) is 11.7. The van der Waals surface area contributed by atoms with Crippen LogP contribution < -0.4 is 5.32 Å². The molecule has 0 aromatic heterocycles. The average molecular weight is 581 g/mol. The highest BCUT2D eigenvalue weighted by Crippen LogP contribution is 2.43. The van der Waals surface area contributed by atoms with Gasteiger partial charge in [-0.25, -0.2) is 0 Å². The smallest absolute Gasteiger partial charge is 0.269 e. The predicted molar refractivity (Wildman–Crippen MR) is 158 cm³/mol. The number of nitro groups is 1. The number of nitro benzene ring substituents is 1. The van der Waals surface area contributed by atoms with Gasteiger partial charge in [0.1, 0.15) is 17.8 Å². The van der Waals surface area contributed by atoms with Gasteiger partial charge in [-0.15, -0.1) is 0 Å². The van der Waals surface area contributed by atoms with Crippen molar-refractivity contribution >= 4 is 11.6 Å². The van der Waals surface area contributed by atoms with Gasteiger partial charge in [0.15, 0.2) is 12.1 Å². The van der Waals surface area contributed by atoms with Gasteiger partial charge in [0.05, 0.1) is 17.6 Å². The van der Waals surface area contributed by atoms with Gasteiger partial charge in [0.25, 0.3) is 11.6 Å². The third-order valence-corrected chi connectivity index (χ3v) is 7.79. The van der Waals surface area contributed by atoms with Crippen molar-refractivity contribution < 1.29 is 28.7 Å². The molecule has 2 fully saturated rings. The van der Waals surface area contributed by atoms with Crippen LogP contribution in [0.25, 0.3) is 0 Å². The summed E-state index contributed by atoms with van der Waals surface area (Å²) in [4.78, 5) is 24.0. The van der Waals surface area contributed by atoms with Crippen LogP contribution in [0.15, 0.2) is 115 Å². The summed E-state index contributed by atoms with van der Waals surface area (Å²) in [6.45, 7) is 3.67. The van der Waals surface area contributed by atoms with E-state index in [2.05, 4.69) is 5.32 Å². The second-order valence-electron chi connectivity index (χ2n) is 11.0. The van der Waals surface area contributed by atoms with E-state index in [9.17, 15) is 14.9 Å². The molecular weight excluding hydrogens is 548 g/mol. The molecule has 4 atom stereocenters. The van der Waals surface area contributed by atoms with E-state index in [0.29, 0.717) is 0 Å². The lowest BCUT2D eigenvalue weighted by Crippen LogP contribution is -2.50. The zero-order valence-electron chi connectivity index (χ0n) is 23.8. The number of fused-ring (bicyclic) bond motifs is 1. The highest BCUT2D eigenvalue weighted by Gasteiger charge is 2.56. The zero-order valence-corrected chi connectivity index (χ0v) is 23.8. The molecule has 4 aromatic rings. The quantitative estimate of drug-likeness (QED) is 0.156. The van der Waals surface area contributed by atoms with Gasteiger partial charge >= 0.3 is 0 Å². The second-order valence-corrected chi connectivity index (χ2v) is 11.0. The van der Waals surface area contributed by atoms with Crippen molar-refractivity contribution in [2.24, 2.45) is 0 Å².